The molecule has 0 spiro atoms. The summed E-state index contributed by atoms with van der Waals surface area (Å²) in [4.78, 5) is 0. The quantitative estimate of drug-likeness (QED) is 0.131. The van der Waals surface area contributed by atoms with Crippen LogP contribution in [-0.4, -0.2) is 48.1 Å². The van der Waals surface area contributed by atoms with E-state index in [2.05, 4.69) is 22.3 Å². The smallest absolute Gasteiger partial charge is 0.418 e. The first kappa shape index (κ1) is 51.2. The summed E-state index contributed by atoms with van der Waals surface area (Å²) in [5.74, 6) is 0. The molecule has 0 aliphatic rings. The summed E-state index contributed by atoms with van der Waals surface area (Å²) < 4.78 is 238. The third-order valence-electron chi connectivity index (χ3n) is 1.43. The number of rotatable bonds is 4. The van der Waals surface area contributed by atoms with Crippen molar-refractivity contribution in [2.75, 3.05) is 0 Å². The van der Waals surface area contributed by atoms with E-state index in [-0.39, 0.29) is 0 Å². The highest BCUT2D eigenvalue weighted by Crippen LogP contribution is 2.09. The number of hydrogen-bond donors (Lipinski definition) is 0. The molecule has 0 amide bonds. The number of allylic oxidation sites excluding steroid dienone is 2. The maximum atomic E-state index is 9.75. The van der Waals surface area contributed by atoms with Gasteiger partial charge in [-0.25, -0.2) is 9.13 Å². The molecule has 0 aliphatic heterocycles. The van der Waals surface area contributed by atoms with Gasteiger partial charge in [-0.1, -0.05) is 25.3 Å². The van der Waals surface area contributed by atoms with Crippen molar-refractivity contribution in [2.45, 2.75) is 13.1 Å². The first-order valence-corrected chi connectivity index (χ1v) is 8.87. The molecule has 41 heavy (non-hydrogen) atoms. The minimum Gasteiger partial charge on any atom is -0.418 e. The summed E-state index contributed by atoms with van der Waals surface area (Å²) >= 11 is 0. The van der Waals surface area contributed by atoms with Gasteiger partial charge in [0.2, 0.25) is 6.33 Å². The largest absolute Gasteiger partial charge is 0.673 e. The van der Waals surface area contributed by atoms with Crippen LogP contribution in [0.4, 0.5) is 104 Å². The predicted octanol–water partition coefficient (Wildman–Crippen LogP) is 8.95. The lowest BCUT2D eigenvalue weighted by molar-refractivity contribution is -0.686. The van der Waals surface area contributed by atoms with Gasteiger partial charge in [0.15, 0.2) is 0 Å². The second-order valence-electron chi connectivity index (χ2n) is 5.35. The zero-order chi connectivity index (χ0) is 35.1. The lowest BCUT2D eigenvalue weighted by atomic mass is 10.3. The third-order valence-corrected chi connectivity index (χ3v) is 1.43. The van der Waals surface area contributed by atoms with Gasteiger partial charge >= 0.3 is 43.5 Å². The fourth-order valence-corrected chi connectivity index (χ4v) is 0.953. The molecule has 0 atom stereocenters. The van der Waals surface area contributed by atoms with Crippen molar-refractivity contribution in [3.8, 4) is 0 Å². The molecule has 0 fully saturated rings. The molecule has 0 radical (unpaired) electrons. The highest BCUT2D eigenvalue weighted by atomic mass is 19.5. The first-order valence-electron chi connectivity index (χ1n) is 8.87. The summed E-state index contributed by atoms with van der Waals surface area (Å²) in [6.07, 6.45) is 9.82. The topological polar surface area (TPSA) is 8.81 Å². The summed E-state index contributed by atoms with van der Waals surface area (Å²) in [5.41, 5.74) is 0. The van der Waals surface area contributed by atoms with Crippen LogP contribution in [0.15, 0.2) is 44.0 Å². The normalized spacial score (nSPS) is 11.3. The maximum Gasteiger partial charge on any atom is 0.673 e. The summed E-state index contributed by atoms with van der Waals surface area (Å²) in [6, 6.07) is 0. The molecule has 0 aliphatic carbocycles. The van der Waals surface area contributed by atoms with E-state index in [1.165, 1.54) is 0 Å². The van der Waals surface area contributed by atoms with E-state index < -0.39 is 43.5 Å². The zero-order valence-corrected chi connectivity index (χ0v) is 19.1. The number of halogens is 24. The molecule has 0 saturated carbocycles. The number of aromatic nitrogens is 2. The van der Waals surface area contributed by atoms with Gasteiger partial charge in [0.25, 0.3) is 0 Å². The SMILES string of the molecule is C=CCn1cc[n+](CC=C)c1.F[B-](F)(F)F.F[B-](F)(F)F.F[B-](F)(F)F.F[B-](F)(F)F.F[B-](F)(F)F.F[B-](F)(F)F. The molecule has 32 heteroatoms. The standard InChI is InChI=1S/C9H13N2.6BF4/c1-3-5-10-7-8-11(9-10)6-4-2;6*2-1(3,4)5/h3-4,7-9H,1-2,5-6H2;;;;;;/q+1;6*-1. The van der Waals surface area contributed by atoms with Crippen molar-refractivity contribution in [1.82, 2.24) is 4.57 Å². The highest BCUT2D eigenvalue weighted by Gasteiger charge is 2.22. The average molecular weight is 670 g/mol. The van der Waals surface area contributed by atoms with Crippen LogP contribution >= 0.6 is 0 Å². The van der Waals surface area contributed by atoms with Gasteiger partial charge < -0.3 is 104 Å². The van der Waals surface area contributed by atoms with Crippen molar-refractivity contribution >= 4 is 43.5 Å². The van der Waals surface area contributed by atoms with Crippen molar-refractivity contribution in [2.24, 2.45) is 0 Å². The van der Waals surface area contributed by atoms with Crippen molar-refractivity contribution < 1.29 is 108 Å². The molecule has 0 bridgehead atoms. The van der Waals surface area contributed by atoms with Gasteiger partial charge in [0, 0.05) is 0 Å². The molecule has 0 unspecified atom stereocenters. The molecule has 0 N–H and O–H groups in total. The second kappa shape index (κ2) is 23.0. The van der Waals surface area contributed by atoms with E-state index in [9.17, 15) is 104 Å². The molecule has 0 saturated heterocycles. The van der Waals surface area contributed by atoms with Gasteiger partial charge in [-0.05, 0) is 0 Å². The third kappa shape index (κ3) is 305. The highest BCUT2D eigenvalue weighted by molar-refractivity contribution is 6.51. The van der Waals surface area contributed by atoms with Gasteiger partial charge in [-0.2, -0.15) is 0 Å². The van der Waals surface area contributed by atoms with Crippen molar-refractivity contribution in [3.63, 3.8) is 0 Å². The number of hydrogen-bond acceptors (Lipinski definition) is 0. The first-order chi connectivity index (χ1) is 17.4. The molecule has 1 heterocycles. The van der Waals surface area contributed by atoms with Gasteiger partial charge in [0.1, 0.15) is 25.5 Å². The monoisotopic (exact) mass is 671 g/mol. The maximum absolute atomic E-state index is 9.75. The van der Waals surface area contributed by atoms with Crippen LogP contribution < -0.4 is 4.57 Å². The fourth-order valence-electron chi connectivity index (χ4n) is 0.953. The van der Waals surface area contributed by atoms with E-state index in [0.717, 1.165) is 13.1 Å². The molecule has 1 aromatic rings. The van der Waals surface area contributed by atoms with E-state index in [0.29, 0.717) is 0 Å². The van der Waals surface area contributed by atoms with E-state index in [4.69, 9.17) is 0 Å². The van der Waals surface area contributed by atoms with E-state index in [1.807, 2.05) is 30.9 Å². The van der Waals surface area contributed by atoms with Crippen molar-refractivity contribution in [1.29, 1.82) is 0 Å². The lowest BCUT2D eigenvalue weighted by Gasteiger charge is -1.94. The molecule has 0 aromatic carbocycles. The Kier molecular flexibility index (Phi) is 28.7. The minimum absolute atomic E-state index is 0.865. The summed E-state index contributed by atoms with van der Waals surface area (Å²) in [6.45, 7) is 9.05. The Morgan fingerprint density at radius 1 is 0.463 bits per heavy atom. The number of nitrogens with zero attached hydrogens (tertiary/aromatic N) is 2. The van der Waals surface area contributed by atoms with Crippen molar-refractivity contribution in [3.05, 3.63) is 44.0 Å². The molecular formula is C9H13B6F24N2-5. The Hall–Kier alpha value is -2.60. The van der Waals surface area contributed by atoms with E-state index in [1.54, 1.807) is 0 Å². The fraction of sp³-hybridized carbons (Fsp3) is 0.222. The van der Waals surface area contributed by atoms with Crippen LogP contribution in [0.5, 0.6) is 0 Å². The lowest BCUT2D eigenvalue weighted by Crippen LogP contribution is -2.29. The van der Waals surface area contributed by atoms with Crippen LogP contribution in [0.2, 0.25) is 0 Å². The molecular weight excluding hydrogens is 657 g/mol. The zero-order valence-electron chi connectivity index (χ0n) is 19.1. The van der Waals surface area contributed by atoms with E-state index >= 15 is 0 Å². The Morgan fingerprint density at radius 2 is 0.683 bits per heavy atom. The Morgan fingerprint density at radius 3 is 0.854 bits per heavy atom. The molecule has 2 nitrogen and oxygen atoms in total. The molecule has 250 valence electrons. The minimum atomic E-state index is -6.00. The van der Waals surface area contributed by atoms with Gasteiger partial charge in [-0.15, -0.1) is 0 Å². The van der Waals surface area contributed by atoms with Crippen LogP contribution in [-0.2, 0) is 13.1 Å². The molecule has 1 rings (SSSR count). The average Bonchev–Trinajstić information content (AvgIpc) is 2.93. The number of imidazole rings is 1. The predicted molar refractivity (Wildman–Crippen MR) is 106 cm³/mol. The second-order valence-corrected chi connectivity index (χ2v) is 5.35. The van der Waals surface area contributed by atoms with Crippen LogP contribution in [0.3, 0.4) is 0 Å². The Labute approximate surface area is 214 Å². The van der Waals surface area contributed by atoms with Gasteiger partial charge in [-0.3, -0.25) is 0 Å². The van der Waals surface area contributed by atoms with Crippen LogP contribution in [0.25, 0.3) is 0 Å². The Bertz CT molecular complexity index is 590. The summed E-state index contributed by atoms with van der Waals surface area (Å²) in [5, 5.41) is 0. The van der Waals surface area contributed by atoms with Crippen LogP contribution in [0, 0.1) is 0 Å². The Balaban J connectivity index is -0.0000000904. The van der Waals surface area contributed by atoms with Gasteiger partial charge in [0.05, 0.1) is 0 Å². The molecule has 1 aromatic heterocycles. The summed E-state index contributed by atoms with van der Waals surface area (Å²) in [7, 11) is -36.0. The van der Waals surface area contributed by atoms with Crippen LogP contribution in [0.1, 0.15) is 0 Å².